The van der Waals surface area contributed by atoms with Gasteiger partial charge in [0.2, 0.25) is 0 Å². The zero-order valence-electron chi connectivity index (χ0n) is 29.3. The van der Waals surface area contributed by atoms with Gasteiger partial charge in [0.1, 0.15) is 23.2 Å². The lowest BCUT2D eigenvalue weighted by Crippen LogP contribution is -2.33. The van der Waals surface area contributed by atoms with E-state index in [-0.39, 0.29) is 11.6 Å². The van der Waals surface area contributed by atoms with Gasteiger partial charge < -0.3 is 14.3 Å². The minimum atomic E-state index is -0.272. The summed E-state index contributed by atoms with van der Waals surface area (Å²) in [4.78, 5) is 10.1. The van der Waals surface area contributed by atoms with Crippen LogP contribution in [-0.4, -0.2) is 16.2 Å². The molecule has 0 spiro atoms. The second-order valence-electron chi connectivity index (χ2n) is 14.6. The van der Waals surface area contributed by atoms with Crippen LogP contribution in [0, 0.1) is 0 Å². The Labute approximate surface area is 306 Å². The number of rotatable bonds is 4. The molecule has 0 saturated carbocycles. The third kappa shape index (κ3) is 4.44. The average Bonchev–Trinajstić information content (AvgIpc) is 3.82. The normalized spacial score (nSPS) is 16.1. The third-order valence-electron chi connectivity index (χ3n) is 11.3. The number of hydrogen-bond donors (Lipinski definition) is 1. The number of aromatic nitrogens is 1. The Bertz CT molecular complexity index is 3000. The number of para-hydroxylation sites is 1. The van der Waals surface area contributed by atoms with Crippen molar-refractivity contribution in [3.63, 3.8) is 0 Å². The van der Waals surface area contributed by atoms with Gasteiger partial charge in [0, 0.05) is 32.7 Å². The van der Waals surface area contributed by atoms with E-state index in [1.807, 2.05) is 36.4 Å². The summed E-state index contributed by atoms with van der Waals surface area (Å²) in [7, 11) is 0. The number of fused-ring (bicyclic) bond motifs is 9. The first-order valence-corrected chi connectivity index (χ1v) is 18.2. The molecule has 3 heterocycles. The van der Waals surface area contributed by atoms with E-state index in [0.717, 1.165) is 50.2 Å². The minimum Gasteiger partial charge on any atom is -0.456 e. The van der Waals surface area contributed by atoms with Gasteiger partial charge in [-0.3, -0.25) is 0 Å². The molecule has 1 aliphatic carbocycles. The Hall–Kier alpha value is -6.72. The zero-order valence-corrected chi connectivity index (χ0v) is 29.3. The Morgan fingerprint density at radius 2 is 1.36 bits per heavy atom. The lowest BCUT2D eigenvalue weighted by atomic mass is 9.82. The van der Waals surface area contributed by atoms with Crippen LogP contribution in [0.5, 0.6) is 0 Å². The molecule has 5 heteroatoms. The van der Waals surface area contributed by atoms with Crippen molar-refractivity contribution in [3.05, 3.63) is 186 Å². The molecule has 11 rings (SSSR count). The molecular formula is C48H34N4O. The van der Waals surface area contributed by atoms with E-state index in [4.69, 9.17) is 14.4 Å². The molecule has 0 radical (unpaired) electrons. The molecule has 1 atom stereocenters. The summed E-state index contributed by atoms with van der Waals surface area (Å²) in [5.41, 5.74) is 13.4. The van der Waals surface area contributed by atoms with Crippen LogP contribution in [0.3, 0.4) is 0 Å². The van der Waals surface area contributed by atoms with Gasteiger partial charge in [-0.15, -0.1) is 0 Å². The van der Waals surface area contributed by atoms with Crippen LogP contribution in [0.15, 0.2) is 172 Å². The van der Waals surface area contributed by atoms with Crippen molar-refractivity contribution >= 4 is 55.4 Å². The van der Waals surface area contributed by atoms with Crippen LogP contribution in [0.2, 0.25) is 0 Å². The number of hydrogen-bond acceptors (Lipinski definition) is 4. The number of furan rings is 1. The maximum atomic E-state index is 6.69. The first-order valence-electron chi connectivity index (χ1n) is 18.2. The van der Waals surface area contributed by atoms with Crippen LogP contribution in [0.4, 0.5) is 0 Å². The van der Waals surface area contributed by atoms with Crippen molar-refractivity contribution in [2.75, 3.05) is 0 Å². The molecule has 1 N–H and O–H groups in total. The second kappa shape index (κ2) is 11.1. The molecule has 53 heavy (non-hydrogen) atoms. The highest BCUT2D eigenvalue weighted by Gasteiger charge is 2.36. The highest BCUT2D eigenvalue weighted by molar-refractivity contribution is 6.17. The van der Waals surface area contributed by atoms with E-state index in [0.29, 0.717) is 5.84 Å². The van der Waals surface area contributed by atoms with Gasteiger partial charge >= 0.3 is 0 Å². The molecule has 7 aromatic carbocycles. The topological polar surface area (TPSA) is 54.8 Å². The van der Waals surface area contributed by atoms with Crippen molar-refractivity contribution < 1.29 is 4.42 Å². The zero-order chi connectivity index (χ0) is 35.3. The predicted octanol–water partition coefficient (Wildman–Crippen LogP) is 11.5. The van der Waals surface area contributed by atoms with E-state index in [1.165, 1.54) is 44.1 Å². The second-order valence-corrected chi connectivity index (χ2v) is 14.6. The number of nitrogens with one attached hydrogen (secondary N) is 1. The van der Waals surface area contributed by atoms with Crippen molar-refractivity contribution in [3.8, 4) is 16.8 Å². The van der Waals surface area contributed by atoms with Gasteiger partial charge in [-0.25, -0.2) is 9.98 Å². The molecule has 9 aromatic rings. The van der Waals surface area contributed by atoms with Crippen molar-refractivity contribution in [2.24, 2.45) is 9.98 Å². The Morgan fingerprint density at radius 1 is 0.585 bits per heavy atom. The van der Waals surface area contributed by atoms with Crippen LogP contribution >= 0.6 is 0 Å². The first-order chi connectivity index (χ1) is 26.0. The fourth-order valence-electron chi connectivity index (χ4n) is 8.68. The van der Waals surface area contributed by atoms with Crippen LogP contribution in [-0.2, 0) is 5.41 Å². The fraction of sp³-hybridized carbons (Fsp3) is 0.0833. The third-order valence-corrected chi connectivity index (χ3v) is 11.3. The number of amidine groups is 2. The molecule has 2 aliphatic rings. The molecule has 0 amide bonds. The number of aliphatic imine (C=N–C) groups is 2. The van der Waals surface area contributed by atoms with Crippen LogP contribution in [0.1, 0.15) is 47.8 Å². The highest BCUT2D eigenvalue weighted by atomic mass is 16.3. The smallest absolute Gasteiger partial charge is 0.159 e. The van der Waals surface area contributed by atoms with Crippen LogP contribution < -0.4 is 5.32 Å². The highest BCUT2D eigenvalue weighted by Crippen LogP contribution is 2.51. The van der Waals surface area contributed by atoms with Crippen LogP contribution in [0.25, 0.3) is 60.6 Å². The molecule has 0 saturated heterocycles. The summed E-state index contributed by atoms with van der Waals surface area (Å²) in [5, 5.41) is 8.26. The lowest BCUT2D eigenvalue weighted by Gasteiger charge is -2.23. The molecule has 0 bridgehead atoms. The first kappa shape index (κ1) is 30.0. The maximum absolute atomic E-state index is 6.69. The minimum absolute atomic E-state index is 0.0753. The Kier molecular flexibility index (Phi) is 6.30. The standard InChI is InChI=1S/C48H34N4O/c1-48(2)37-20-11-9-18-32(37)35-28-41-36(27-38(35)48)33-19-10-12-21-39(33)52(41)40-22-13-23-42-44(40)34-25-24-31(26-43(34)53-42)47-50-45(29-14-5-3-6-15-29)49-46(51-47)30-16-7-4-8-17-30/h3-28,45H,1-2H3,(H,49,50,51). The summed E-state index contributed by atoms with van der Waals surface area (Å²) < 4.78 is 9.13. The van der Waals surface area contributed by atoms with Crippen molar-refractivity contribution in [2.45, 2.75) is 25.4 Å². The summed E-state index contributed by atoms with van der Waals surface area (Å²) in [6.07, 6.45) is -0.272. The van der Waals surface area contributed by atoms with Gasteiger partial charge in [-0.1, -0.05) is 129 Å². The van der Waals surface area contributed by atoms with E-state index >= 15 is 0 Å². The molecule has 5 nitrogen and oxygen atoms in total. The number of nitrogens with zero attached hydrogens (tertiary/aromatic N) is 3. The summed E-state index contributed by atoms with van der Waals surface area (Å²) in [6, 6.07) is 55.8. The van der Waals surface area contributed by atoms with E-state index < -0.39 is 0 Å². The summed E-state index contributed by atoms with van der Waals surface area (Å²) >= 11 is 0. The SMILES string of the molecule is CC1(C)c2ccccc2-c2cc3c(cc21)c1ccccc1n3-c1cccc2oc3cc(C4=NC(c5ccccc5)=NC(c5ccccc5)N4)ccc3c12. The monoisotopic (exact) mass is 682 g/mol. The van der Waals surface area contributed by atoms with Gasteiger partial charge in [0.05, 0.1) is 22.1 Å². The summed E-state index contributed by atoms with van der Waals surface area (Å²) in [6.45, 7) is 4.70. The Balaban J connectivity index is 1.09. The molecular weight excluding hydrogens is 649 g/mol. The van der Waals surface area contributed by atoms with Gasteiger partial charge in [0.25, 0.3) is 0 Å². The molecule has 2 aromatic heterocycles. The largest absolute Gasteiger partial charge is 0.456 e. The molecule has 1 aliphatic heterocycles. The molecule has 0 fully saturated rings. The predicted molar refractivity (Wildman–Crippen MR) is 217 cm³/mol. The maximum Gasteiger partial charge on any atom is 0.159 e. The lowest BCUT2D eigenvalue weighted by molar-refractivity contribution is 0.661. The Morgan fingerprint density at radius 3 is 2.23 bits per heavy atom. The molecule has 252 valence electrons. The van der Waals surface area contributed by atoms with E-state index in [1.54, 1.807) is 0 Å². The van der Waals surface area contributed by atoms with E-state index in [9.17, 15) is 0 Å². The average molecular weight is 683 g/mol. The van der Waals surface area contributed by atoms with Crippen molar-refractivity contribution in [1.82, 2.24) is 9.88 Å². The van der Waals surface area contributed by atoms with E-state index in [2.05, 4.69) is 145 Å². The summed E-state index contributed by atoms with van der Waals surface area (Å²) in [5.74, 6) is 1.46. The fourth-order valence-corrected chi connectivity index (χ4v) is 8.68. The number of benzene rings is 7. The molecule has 1 unspecified atom stereocenters. The van der Waals surface area contributed by atoms with Crippen molar-refractivity contribution in [1.29, 1.82) is 0 Å². The van der Waals surface area contributed by atoms with Gasteiger partial charge in [0.15, 0.2) is 5.84 Å². The quantitative estimate of drug-likeness (QED) is 0.201. The van der Waals surface area contributed by atoms with Gasteiger partial charge in [-0.2, -0.15) is 0 Å². The van der Waals surface area contributed by atoms with Gasteiger partial charge in [-0.05, 0) is 70.3 Å².